The molecule has 2 aromatic rings. The van der Waals surface area contributed by atoms with E-state index in [0.717, 1.165) is 5.56 Å². The smallest absolute Gasteiger partial charge is 0.250 e. The number of amides is 2. The van der Waals surface area contributed by atoms with Crippen molar-refractivity contribution >= 4 is 59.1 Å². The molecule has 2 aromatic carbocycles. The Morgan fingerprint density at radius 2 is 1.30 bits per heavy atom. The molecule has 0 aliphatic rings. The fourth-order valence-corrected chi connectivity index (χ4v) is 2.75. The van der Waals surface area contributed by atoms with E-state index in [1.807, 2.05) is 24.3 Å². The van der Waals surface area contributed by atoms with Crippen molar-refractivity contribution in [3.8, 4) is 0 Å². The number of nitrogens with zero attached hydrogens (tertiary/aromatic N) is 2. The fourth-order valence-electron chi connectivity index (χ4n) is 2.45. The van der Waals surface area contributed by atoms with Gasteiger partial charge >= 0.3 is 0 Å². The van der Waals surface area contributed by atoms with Crippen LogP contribution in [0.25, 0.3) is 12.2 Å². The van der Waals surface area contributed by atoms with Crippen LogP contribution in [-0.4, -0.2) is 23.7 Å². The van der Waals surface area contributed by atoms with Crippen molar-refractivity contribution in [3.63, 3.8) is 0 Å². The number of hydrogen-bond donors (Lipinski definition) is 4. The maximum atomic E-state index is 12.0. The maximum Gasteiger partial charge on any atom is 0.250 e. The topological polar surface area (TPSA) is 135 Å². The number of nitrogens with two attached hydrogens (primary N) is 2. The minimum atomic E-state index is -0.549. The second kappa shape index (κ2) is 12.4. The van der Waals surface area contributed by atoms with Crippen LogP contribution in [0.5, 0.6) is 0 Å². The third-order valence-corrected chi connectivity index (χ3v) is 4.91. The van der Waals surface area contributed by atoms with Gasteiger partial charge in [-0.05, 0) is 46.9 Å². The van der Waals surface area contributed by atoms with Crippen molar-refractivity contribution in [3.05, 3.63) is 81.4 Å². The predicted octanol–water partition coefficient (Wildman–Crippen LogP) is 3.62. The molecule has 2 rings (SSSR count). The Kier molecular flexibility index (Phi) is 9.65. The van der Waals surface area contributed by atoms with E-state index in [1.54, 1.807) is 24.3 Å². The van der Waals surface area contributed by atoms with Crippen molar-refractivity contribution in [1.82, 2.24) is 10.6 Å². The minimum Gasteiger partial charge on any atom is -0.368 e. The lowest BCUT2D eigenvalue weighted by Crippen LogP contribution is -2.37. The summed E-state index contributed by atoms with van der Waals surface area (Å²) in [5.41, 5.74) is 13.9. The van der Waals surface area contributed by atoms with Crippen molar-refractivity contribution in [1.29, 1.82) is 0 Å². The molecule has 172 valence electrons. The van der Waals surface area contributed by atoms with Crippen LogP contribution in [0.3, 0.4) is 0 Å². The zero-order valence-electron chi connectivity index (χ0n) is 18.0. The van der Waals surface area contributed by atoms with Crippen LogP contribution >= 0.6 is 23.2 Å². The first kappa shape index (κ1) is 25.6. The Bertz CT molecular complexity index is 1120. The van der Waals surface area contributed by atoms with Gasteiger partial charge in [-0.15, -0.1) is 10.2 Å². The molecule has 33 heavy (non-hydrogen) atoms. The van der Waals surface area contributed by atoms with Crippen molar-refractivity contribution in [2.75, 3.05) is 0 Å². The van der Waals surface area contributed by atoms with Crippen LogP contribution < -0.4 is 22.1 Å². The van der Waals surface area contributed by atoms with E-state index in [4.69, 9.17) is 34.7 Å². The van der Waals surface area contributed by atoms with Crippen LogP contribution in [0.4, 0.5) is 0 Å². The third kappa shape index (κ3) is 9.18. The lowest BCUT2D eigenvalue weighted by molar-refractivity contribution is -0.116. The normalized spacial score (nSPS) is 12.5. The molecule has 6 N–H and O–H groups in total. The number of benzene rings is 2. The van der Waals surface area contributed by atoms with Crippen LogP contribution in [0.2, 0.25) is 10.0 Å². The standard InChI is InChI=1S/C23H24Cl2N6O2/c1-14(2)17-8-3-15(4-9-17)6-11-20(32)28-22(26)30-31-23(27)29-21(33)12-7-16-5-10-18(24)19(25)13-16/h3-14H,1-2H3,(H3,26,28,30,32)(H3,27,29,31,33). The maximum absolute atomic E-state index is 12.0. The molecule has 0 saturated heterocycles. The van der Waals surface area contributed by atoms with E-state index in [-0.39, 0.29) is 11.9 Å². The van der Waals surface area contributed by atoms with Gasteiger partial charge in [-0.25, -0.2) is 0 Å². The summed E-state index contributed by atoms with van der Waals surface area (Å²) in [6.07, 6.45) is 5.71. The Labute approximate surface area is 202 Å². The first-order valence-electron chi connectivity index (χ1n) is 9.83. The lowest BCUT2D eigenvalue weighted by atomic mass is 10.0. The molecule has 0 bridgehead atoms. The zero-order chi connectivity index (χ0) is 24.4. The zero-order valence-corrected chi connectivity index (χ0v) is 19.6. The van der Waals surface area contributed by atoms with Crippen LogP contribution in [0.1, 0.15) is 36.5 Å². The summed E-state index contributed by atoms with van der Waals surface area (Å²) in [6, 6.07) is 12.8. The molecule has 0 aromatic heterocycles. The average molecular weight is 487 g/mol. The van der Waals surface area contributed by atoms with Gasteiger partial charge in [0.2, 0.25) is 11.9 Å². The molecule has 0 aliphatic heterocycles. The molecule has 0 saturated carbocycles. The summed E-state index contributed by atoms with van der Waals surface area (Å²) in [6.45, 7) is 4.21. The quantitative estimate of drug-likeness (QED) is 0.214. The van der Waals surface area contributed by atoms with Crippen molar-refractivity contribution in [2.24, 2.45) is 21.7 Å². The van der Waals surface area contributed by atoms with E-state index in [1.165, 1.54) is 23.8 Å². The minimum absolute atomic E-state index is 0.289. The Balaban J connectivity index is 1.86. The molecule has 2 amide bonds. The van der Waals surface area contributed by atoms with E-state index in [0.29, 0.717) is 21.5 Å². The van der Waals surface area contributed by atoms with E-state index in [9.17, 15) is 9.59 Å². The van der Waals surface area contributed by atoms with E-state index < -0.39 is 11.8 Å². The highest BCUT2D eigenvalue weighted by Crippen LogP contribution is 2.23. The second-order valence-corrected chi connectivity index (χ2v) is 7.92. The van der Waals surface area contributed by atoms with E-state index in [2.05, 4.69) is 34.7 Å². The highest BCUT2D eigenvalue weighted by molar-refractivity contribution is 6.42. The Morgan fingerprint density at radius 3 is 1.79 bits per heavy atom. The van der Waals surface area contributed by atoms with Crippen LogP contribution in [0, 0.1) is 0 Å². The number of nitrogens with one attached hydrogen (secondary N) is 2. The molecule has 0 unspecified atom stereocenters. The van der Waals surface area contributed by atoms with E-state index >= 15 is 0 Å². The summed E-state index contributed by atoms with van der Waals surface area (Å²) < 4.78 is 0. The first-order chi connectivity index (χ1) is 15.6. The molecular formula is C23H24Cl2N6O2. The number of carbonyl (C=O) groups excluding carboxylic acids is 2. The summed E-state index contributed by atoms with van der Waals surface area (Å²) in [5.74, 6) is -1.21. The predicted molar refractivity (Wildman–Crippen MR) is 135 cm³/mol. The Morgan fingerprint density at radius 1 is 0.818 bits per heavy atom. The third-order valence-electron chi connectivity index (χ3n) is 4.17. The largest absolute Gasteiger partial charge is 0.368 e. The van der Waals surface area contributed by atoms with Gasteiger partial charge in [0.15, 0.2) is 0 Å². The monoisotopic (exact) mass is 486 g/mol. The van der Waals surface area contributed by atoms with Crippen LogP contribution in [-0.2, 0) is 9.59 Å². The molecule has 0 fully saturated rings. The van der Waals surface area contributed by atoms with Gasteiger partial charge < -0.3 is 11.5 Å². The number of guanidine groups is 2. The van der Waals surface area contributed by atoms with Crippen molar-refractivity contribution < 1.29 is 9.59 Å². The number of carbonyl (C=O) groups is 2. The molecule has 0 aliphatic carbocycles. The molecule has 0 heterocycles. The molecular weight excluding hydrogens is 463 g/mol. The van der Waals surface area contributed by atoms with Crippen LogP contribution in [0.15, 0.2) is 64.8 Å². The van der Waals surface area contributed by atoms with Gasteiger partial charge in [0.05, 0.1) is 10.0 Å². The summed E-state index contributed by atoms with van der Waals surface area (Å²) in [7, 11) is 0. The number of hydrogen-bond acceptors (Lipinski definition) is 4. The summed E-state index contributed by atoms with van der Waals surface area (Å²) in [5, 5.41) is 12.5. The summed E-state index contributed by atoms with van der Waals surface area (Å²) in [4.78, 5) is 23.9. The second-order valence-electron chi connectivity index (χ2n) is 7.11. The van der Waals surface area contributed by atoms with Gasteiger partial charge in [-0.1, -0.05) is 67.4 Å². The van der Waals surface area contributed by atoms with Gasteiger partial charge in [0.25, 0.3) is 11.8 Å². The number of rotatable bonds is 6. The fraction of sp³-hybridized carbons (Fsp3) is 0.130. The van der Waals surface area contributed by atoms with Crippen molar-refractivity contribution in [2.45, 2.75) is 19.8 Å². The van der Waals surface area contributed by atoms with Gasteiger partial charge in [0.1, 0.15) is 0 Å². The Hall–Kier alpha value is -3.62. The summed E-state index contributed by atoms with van der Waals surface area (Å²) >= 11 is 11.8. The molecule has 10 heteroatoms. The molecule has 0 radical (unpaired) electrons. The molecule has 0 spiro atoms. The molecule has 0 atom stereocenters. The molecule has 8 nitrogen and oxygen atoms in total. The van der Waals surface area contributed by atoms with Gasteiger partial charge in [-0.3, -0.25) is 20.2 Å². The SMILES string of the molecule is CC(C)c1ccc(C=CC(=O)NC(N)=NN=C(N)NC(=O)C=Cc2ccc(Cl)c(Cl)c2)cc1. The van der Waals surface area contributed by atoms with Gasteiger partial charge in [0, 0.05) is 12.2 Å². The lowest BCUT2D eigenvalue weighted by Gasteiger charge is -2.04. The van der Waals surface area contributed by atoms with Gasteiger partial charge in [-0.2, -0.15) is 0 Å². The first-order valence-corrected chi connectivity index (χ1v) is 10.6. The number of halogens is 2. The average Bonchev–Trinajstić information content (AvgIpc) is 2.77. The highest BCUT2D eigenvalue weighted by Gasteiger charge is 2.02. The highest BCUT2D eigenvalue weighted by atomic mass is 35.5.